The van der Waals surface area contributed by atoms with Gasteiger partial charge in [0.1, 0.15) is 5.82 Å². The second-order valence-electron chi connectivity index (χ2n) is 4.71. The average Bonchev–Trinajstić information content (AvgIpc) is 2.90. The second-order valence-corrected chi connectivity index (χ2v) is 5.12. The van der Waals surface area contributed by atoms with Gasteiger partial charge in [-0.25, -0.2) is 4.39 Å². The third kappa shape index (κ3) is 3.73. The van der Waals surface area contributed by atoms with Crippen LogP contribution in [0.2, 0.25) is 5.02 Å². The maximum absolute atomic E-state index is 13.2. The predicted molar refractivity (Wildman–Crippen MR) is 77.3 cm³/mol. The molecule has 21 heavy (non-hydrogen) atoms. The number of likely N-dealkylation sites (tertiary alicyclic amines) is 1. The van der Waals surface area contributed by atoms with Gasteiger partial charge in [0.15, 0.2) is 0 Å². The molecule has 0 bridgehead atoms. The van der Waals surface area contributed by atoms with Crippen molar-refractivity contribution in [3.63, 3.8) is 0 Å². The zero-order valence-corrected chi connectivity index (χ0v) is 12.2. The van der Waals surface area contributed by atoms with E-state index in [4.69, 9.17) is 11.6 Å². The molecule has 6 heteroatoms. The molecular formula is C15H14ClFN2O2. The van der Waals surface area contributed by atoms with Gasteiger partial charge in [-0.2, -0.15) is 0 Å². The van der Waals surface area contributed by atoms with Crippen LogP contribution in [0.25, 0.3) is 0 Å². The average molecular weight is 309 g/mol. The predicted octanol–water partition coefficient (Wildman–Crippen LogP) is 1.83. The second kappa shape index (κ2) is 6.59. The Bertz CT molecular complexity index is 636. The Morgan fingerprint density at radius 1 is 1.48 bits per heavy atom. The van der Waals surface area contributed by atoms with E-state index in [1.54, 1.807) is 11.8 Å². The number of rotatable bonds is 2. The van der Waals surface area contributed by atoms with Crippen LogP contribution >= 0.6 is 11.6 Å². The first kappa shape index (κ1) is 15.3. The first-order valence-corrected chi connectivity index (χ1v) is 6.86. The van der Waals surface area contributed by atoms with Crippen LogP contribution in [0, 0.1) is 17.7 Å². The lowest BCUT2D eigenvalue weighted by molar-refractivity contribution is -0.124. The lowest BCUT2D eigenvalue weighted by atomic mass is 10.2. The van der Waals surface area contributed by atoms with Crippen LogP contribution in [0.1, 0.15) is 23.7 Å². The standard InChI is InChI=1S/C15H14ClFN2O2/c1-2-3-14(20)19-7-6-11(9-19)18-15(21)12-8-10(17)4-5-13(12)16/h4-5,8,11H,6-7,9H2,1H3,(H,18,21). The van der Waals surface area contributed by atoms with Crippen molar-refractivity contribution in [2.45, 2.75) is 19.4 Å². The summed E-state index contributed by atoms with van der Waals surface area (Å²) in [6.45, 7) is 2.53. The Hall–Kier alpha value is -2.06. The fourth-order valence-corrected chi connectivity index (χ4v) is 2.39. The van der Waals surface area contributed by atoms with Crippen molar-refractivity contribution in [3.8, 4) is 11.8 Å². The Balaban J connectivity index is 1.99. The minimum absolute atomic E-state index is 0.0924. The van der Waals surface area contributed by atoms with Crippen LogP contribution in [0.15, 0.2) is 18.2 Å². The summed E-state index contributed by atoms with van der Waals surface area (Å²) in [6, 6.07) is 3.45. The molecule has 0 aromatic heterocycles. The Morgan fingerprint density at radius 3 is 2.95 bits per heavy atom. The number of benzene rings is 1. The normalized spacial score (nSPS) is 17.1. The van der Waals surface area contributed by atoms with E-state index in [1.165, 1.54) is 12.1 Å². The van der Waals surface area contributed by atoms with Crippen LogP contribution in [-0.2, 0) is 4.79 Å². The zero-order chi connectivity index (χ0) is 15.4. The molecule has 1 fully saturated rings. The van der Waals surface area contributed by atoms with E-state index in [1.807, 2.05) is 0 Å². The minimum Gasteiger partial charge on any atom is -0.347 e. The third-order valence-corrected chi connectivity index (χ3v) is 3.55. The van der Waals surface area contributed by atoms with Crippen LogP contribution in [-0.4, -0.2) is 35.8 Å². The number of carbonyl (C=O) groups excluding carboxylic acids is 2. The number of amides is 2. The molecule has 0 saturated carbocycles. The van der Waals surface area contributed by atoms with Crippen LogP contribution < -0.4 is 5.32 Å². The van der Waals surface area contributed by atoms with Gasteiger partial charge in [0.25, 0.3) is 11.8 Å². The van der Waals surface area contributed by atoms with E-state index in [9.17, 15) is 14.0 Å². The smallest absolute Gasteiger partial charge is 0.298 e. The molecule has 1 aromatic carbocycles. The molecular weight excluding hydrogens is 295 g/mol. The molecule has 1 unspecified atom stereocenters. The number of hydrogen-bond acceptors (Lipinski definition) is 2. The van der Waals surface area contributed by atoms with Crippen LogP contribution in [0.5, 0.6) is 0 Å². The molecule has 0 aliphatic carbocycles. The van der Waals surface area contributed by atoms with Crippen molar-refractivity contribution in [2.24, 2.45) is 0 Å². The number of halogens is 2. The molecule has 0 spiro atoms. The molecule has 0 radical (unpaired) electrons. The topological polar surface area (TPSA) is 49.4 Å². The Kier molecular flexibility index (Phi) is 4.81. The summed E-state index contributed by atoms with van der Waals surface area (Å²) >= 11 is 5.89. The van der Waals surface area contributed by atoms with Crippen LogP contribution in [0.3, 0.4) is 0 Å². The number of carbonyl (C=O) groups is 2. The van der Waals surface area contributed by atoms with Gasteiger partial charge in [-0.05, 0) is 37.5 Å². The summed E-state index contributed by atoms with van der Waals surface area (Å²) in [5.74, 6) is 3.80. The lowest BCUT2D eigenvalue weighted by Crippen LogP contribution is -2.38. The van der Waals surface area contributed by atoms with Gasteiger partial charge in [0, 0.05) is 19.1 Å². The quantitative estimate of drug-likeness (QED) is 0.848. The van der Waals surface area contributed by atoms with E-state index < -0.39 is 11.7 Å². The number of nitrogens with one attached hydrogen (secondary N) is 1. The minimum atomic E-state index is -0.522. The molecule has 110 valence electrons. The Morgan fingerprint density at radius 2 is 2.24 bits per heavy atom. The van der Waals surface area contributed by atoms with Gasteiger partial charge < -0.3 is 10.2 Å². The largest absolute Gasteiger partial charge is 0.347 e. The van der Waals surface area contributed by atoms with Crippen molar-refractivity contribution < 1.29 is 14.0 Å². The highest BCUT2D eigenvalue weighted by Crippen LogP contribution is 2.18. The van der Waals surface area contributed by atoms with E-state index in [-0.39, 0.29) is 22.5 Å². The van der Waals surface area contributed by atoms with Gasteiger partial charge in [-0.3, -0.25) is 9.59 Å². The van der Waals surface area contributed by atoms with Gasteiger partial charge in [0.2, 0.25) is 0 Å². The highest BCUT2D eigenvalue weighted by atomic mass is 35.5. The molecule has 1 aromatic rings. The summed E-state index contributed by atoms with van der Waals surface area (Å²) in [7, 11) is 0. The summed E-state index contributed by atoms with van der Waals surface area (Å²) in [4.78, 5) is 25.3. The summed E-state index contributed by atoms with van der Waals surface area (Å²) in [5.41, 5.74) is 0.0924. The molecule has 1 aliphatic rings. The first-order valence-electron chi connectivity index (χ1n) is 6.49. The molecule has 4 nitrogen and oxygen atoms in total. The van der Waals surface area contributed by atoms with Crippen LogP contribution in [0.4, 0.5) is 4.39 Å². The molecule has 2 amide bonds. The monoisotopic (exact) mass is 308 g/mol. The summed E-state index contributed by atoms with van der Waals surface area (Å²) in [6.07, 6.45) is 0.635. The van der Waals surface area contributed by atoms with E-state index in [0.29, 0.717) is 19.5 Å². The van der Waals surface area contributed by atoms with Gasteiger partial charge in [-0.15, -0.1) is 0 Å². The van der Waals surface area contributed by atoms with Crippen molar-refractivity contribution >= 4 is 23.4 Å². The molecule has 1 aliphatic heterocycles. The van der Waals surface area contributed by atoms with Crippen molar-refractivity contribution in [2.75, 3.05) is 13.1 Å². The van der Waals surface area contributed by atoms with Gasteiger partial charge >= 0.3 is 0 Å². The van der Waals surface area contributed by atoms with E-state index in [2.05, 4.69) is 17.2 Å². The molecule has 1 N–H and O–H groups in total. The van der Waals surface area contributed by atoms with E-state index >= 15 is 0 Å². The Labute approximate surface area is 127 Å². The zero-order valence-electron chi connectivity index (χ0n) is 11.5. The van der Waals surface area contributed by atoms with Crippen molar-refractivity contribution in [1.29, 1.82) is 0 Å². The fraction of sp³-hybridized carbons (Fsp3) is 0.333. The maximum atomic E-state index is 13.2. The van der Waals surface area contributed by atoms with Crippen molar-refractivity contribution in [1.82, 2.24) is 10.2 Å². The number of hydrogen-bond donors (Lipinski definition) is 1. The highest BCUT2D eigenvalue weighted by molar-refractivity contribution is 6.33. The molecule has 2 rings (SSSR count). The maximum Gasteiger partial charge on any atom is 0.298 e. The summed E-state index contributed by atoms with van der Waals surface area (Å²) in [5, 5.41) is 2.95. The lowest BCUT2D eigenvalue weighted by Gasteiger charge is -2.15. The third-order valence-electron chi connectivity index (χ3n) is 3.22. The van der Waals surface area contributed by atoms with Gasteiger partial charge in [-0.1, -0.05) is 17.5 Å². The van der Waals surface area contributed by atoms with E-state index in [0.717, 1.165) is 6.07 Å². The first-order chi connectivity index (χ1) is 10.0. The molecule has 1 atom stereocenters. The molecule has 1 heterocycles. The van der Waals surface area contributed by atoms with Gasteiger partial charge in [0.05, 0.1) is 10.6 Å². The number of nitrogens with zero attached hydrogens (tertiary/aromatic N) is 1. The fourth-order valence-electron chi connectivity index (χ4n) is 2.18. The summed E-state index contributed by atoms with van der Waals surface area (Å²) < 4.78 is 13.2. The highest BCUT2D eigenvalue weighted by Gasteiger charge is 2.27. The molecule has 1 saturated heterocycles. The SMILES string of the molecule is CC#CC(=O)N1CCC(NC(=O)c2cc(F)ccc2Cl)C1. The van der Waals surface area contributed by atoms with Crippen molar-refractivity contribution in [3.05, 3.63) is 34.6 Å².